The molecule has 0 aliphatic carbocycles. The minimum Gasteiger partial charge on any atom is -0.0654 e. The summed E-state index contributed by atoms with van der Waals surface area (Å²) in [4.78, 5) is 0. The number of benzene rings is 4. The van der Waals surface area contributed by atoms with Gasteiger partial charge in [-0.25, -0.2) is 0 Å². The first-order valence-corrected chi connectivity index (χ1v) is 15.5. The summed E-state index contributed by atoms with van der Waals surface area (Å²) >= 11 is 0. The van der Waals surface area contributed by atoms with E-state index in [2.05, 4.69) is 135 Å². The molecule has 4 aromatic rings. The molecular formula is C40H46. The maximum Gasteiger partial charge on any atom is -0.0184 e. The average Bonchev–Trinajstić information content (AvgIpc) is 3.01. The molecule has 0 amide bonds. The van der Waals surface area contributed by atoms with Gasteiger partial charge >= 0.3 is 0 Å². The first-order chi connectivity index (χ1) is 19.7. The third-order valence-corrected chi connectivity index (χ3v) is 7.69. The largest absolute Gasteiger partial charge is 0.0654 e. The Bertz CT molecular complexity index is 1190. The molecule has 0 aromatic heterocycles. The Morgan fingerprint density at radius 3 is 0.950 bits per heavy atom. The quantitative estimate of drug-likeness (QED) is 0.107. The summed E-state index contributed by atoms with van der Waals surface area (Å²) in [6.45, 7) is 4.53. The first-order valence-electron chi connectivity index (χ1n) is 15.5. The van der Waals surface area contributed by atoms with Crippen LogP contribution in [0.4, 0.5) is 0 Å². The molecule has 0 unspecified atom stereocenters. The van der Waals surface area contributed by atoms with Gasteiger partial charge in [-0.3, -0.25) is 0 Å². The molecule has 0 radical (unpaired) electrons. The lowest BCUT2D eigenvalue weighted by Crippen LogP contribution is -1.86. The van der Waals surface area contributed by atoms with E-state index in [0.29, 0.717) is 0 Å². The van der Waals surface area contributed by atoms with Gasteiger partial charge in [0.25, 0.3) is 0 Å². The van der Waals surface area contributed by atoms with Crippen molar-refractivity contribution >= 4 is 24.3 Å². The van der Waals surface area contributed by atoms with Gasteiger partial charge < -0.3 is 0 Å². The molecule has 0 bridgehead atoms. The zero-order valence-corrected chi connectivity index (χ0v) is 24.6. The van der Waals surface area contributed by atoms with Crippen LogP contribution in [0.1, 0.15) is 98.6 Å². The van der Waals surface area contributed by atoms with Crippen LogP contribution in [0.3, 0.4) is 0 Å². The van der Waals surface area contributed by atoms with E-state index < -0.39 is 0 Å². The fraction of sp³-hybridized carbons (Fsp3) is 0.300. The van der Waals surface area contributed by atoms with E-state index in [1.54, 1.807) is 0 Å². The standard InChI is InChI=1S/C40H46/c1-3-5-7-9-11-33-13-17-35(18-14-33)21-23-37-25-29-39(30-26-37)40-31-27-38(28-32-40)24-22-36-19-15-34(16-20-36)12-10-8-6-4-2/h13-32H,3-12H2,1-2H3. The summed E-state index contributed by atoms with van der Waals surface area (Å²) in [6.07, 6.45) is 21.7. The normalized spacial score (nSPS) is 11.6. The van der Waals surface area contributed by atoms with Crippen LogP contribution >= 0.6 is 0 Å². The van der Waals surface area contributed by atoms with Crippen LogP contribution in [0.2, 0.25) is 0 Å². The van der Waals surface area contributed by atoms with Crippen molar-refractivity contribution in [2.24, 2.45) is 0 Å². The van der Waals surface area contributed by atoms with E-state index in [4.69, 9.17) is 0 Å². The van der Waals surface area contributed by atoms with Crippen LogP contribution in [0, 0.1) is 0 Å². The third-order valence-electron chi connectivity index (χ3n) is 7.69. The Kier molecular flexibility index (Phi) is 12.1. The molecule has 0 saturated carbocycles. The summed E-state index contributed by atoms with van der Waals surface area (Å²) in [7, 11) is 0. The number of aryl methyl sites for hydroxylation is 2. The molecule has 0 aliphatic rings. The highest BCUT2D eigenvalue weighted by atomic mass is 14.0. The number of hydrogen-bond acceptors (Lipinski definition) is 0. The number of unbranched alkanes of at least 4 members (excludes halogenated alkanes) is 6. The van der Waals surface area contributed by atoms with Gasteiger partial charge in [-0.1, -0.05) is 174 Å². The van der Waals surface area contributed by atoms with Crippen molar-refractivity contribution in [3.63, 3.8) is 0 Å². The van der Waals surface area contributed by atoms with Gasteiger partial charge in [-0.2, -0.15) is 0 Å². The van der Waals surface area contributed by atoms with Gasteiger partial charge in [0.05, 0.1) is 0 Å². The van der Waals surface area contributed by atoms with Crippen molar-refractivity contribution < 1.29 is 0 Å². The molecule has 0 aliphatic heterocycles. The maximum absolute atomic E-state index is 2.28. The van der Waals surface area contributed by atoms with Gasteiger partial charge in [-0.15, -0.1) is 0 Å². The second-order valence-electron chi connectivity index (χ2n) is 11.0. The van der Waals surface area contributed by atoms with Crippen LogP contribution in [0.15, 0.2) is 97.1 Å². The zero-order chi connectivity index (χ0) is 27.8. The summed E-state index contributed by atoms with van der Waals surface area (Å²) in [5.41, 5.74) is 10.3. The lowest BCUT2D eigenvalue weighted by Gasteiger charge is -2.04. The zero-order valence-electron chi connectivity index (χ0n) is 24.6. The van der Waals surface area contributed by atoms with Crippen LogP contribution in [-0.4, -0.2) is 0 Å². The fourth-order valence-corrected chi connectivity index (χ4v) is 5.06. The molecule has 0 nitrogen and oxygen atoms in total. The van der Waals surface area contributed by atoms with E-state index in [-0.39, 0.29) is 0 Å². The molecular weight excluding hydrogens is 480 g/mol. The van der Waals surface area contributed by atoms with Crippen molar-refractivity contribution in [3.8, 4) is 11.1 Å². The summed E-state index contributed by atoms with van der Waals surface area (Å²) < 4.78 is 0. The number of hydrogen-bond donors (Lipinski definition) is 0. The Morgan fingerprint density at radius 2 is 0.650 bits per heavy atom. The van der Waals surface area contributed by atoms with Crippen molar-refractivity contribution in [1.82, 2.24) is 0 Å². The minimum absolute atomic E-state index is 1.19. The van der Waals surface area contributed by atoms with Crippen molar-refractivity contribution in [2.45, 2.75) is 78.1 Å². The van der Waals surface area contributed by atoms with Gasteiger partial charge in [0.1, 0.15) is 0 Å². The molecule has 0 heterocycles. The molecule has 0 heteroatoms. The Labute approximate surface area is 243 Å². The summed E-state index contributed by atoms with van der Waals surface area (Å²) in [5, 5.41) is 0. The molecule has 40 heavy (non-hydrogen) atoms. The molecule has 0 fully saturated rings. The SMILES string of the molecule is CCCCCCc1ccc(C=Cc2ccc(-c3ccc(C=Cc4ccc(CCCCCC)cc4)cc3)cc2)cc1. The summed E-state index contributed by atoms with van der Waals surface area (Å²) in [6, 6.07) is 35.7. The molecule has 0 N–H and O–H groups in total. The van der Waals surface area contributed by atoms with Gasteiger partial charge in [0.15, 0.2) is 0 Å². The molecule has 0 atom stereocenters. The second kappa shape index (κ2) is 16.5. The lowest BCUT2D eigenvalue weighted by atomic mass is 10.0. The minimum atomic E-state index is 1.19. The lowest BCUT2D eigenvalue weighted by molar-refractivity contribution is 0.667. The molecule has 0 saturated heterocycles. The predicted octanol–water partition coefficient (Wildman–Crippen LogP) is 11.9. The molecule has 4 aromatic carbocycles. The smallest absolute Gasteiger partial charge is 0.0184 e. The van der Waals surface area contributed by atoms with Gasteiger partial charge in [-0.05, 0) is 70.2 Å². The highest BCUT2D eigenvalue weighted by Crippen LogP contribution is 2.22. The monoisotopic (exact) mass is 526 g/mol. The highest BCUT2D eigenvalue weighted by Gasteiger charge is 1.99. The van der Waals surface area contributed by atoms with Gasteiger partial charge in [0, 0.05) is 0 Å². The average molecular weight is 527 g/mol. The predicted molar refractivity (Wildman–Crippen MR) is 178 cm³/mol. The highest BCUT2D eigenvalue weighted by molar-refractivity contribution is 5.74. The van der Waals surface area contributed by atoms with Crippen LogP contribution in [0.5, 0.6) is 0 Å². The first kappa shape index (κ1) is 29.3. The maximum atomic E-state index is 2.28. The van der Waals surface area contributed by atoms with E-state index in [0.717, 1.165) is 0 Å². The Hall–Kier alpha value is -3.64. The third kappa shape index (κ3) is 9.83. The Morgan fingerprint density at radius 1 is 0.350 bits per heavy atom. The van der Waals surface area contributed by atoms with Crippen molar-refractivity contribution in [1.29, 1.82) is 0 Å². The van der Waals surface area contributed by atoms with E-state index in [1.165, 1.54) is 109 Å². The number of rotatable bonds is 15. The second-order valence-corrected chi connectivity index (χ2v) is 11.0. The molecule has 4 rings (SSSR count). The van der Waals surface area contributed by atoms with Crippen LogP contribution < -0.4 is 0 Å². The van der Waals surface area contributed by atoms with Gasteiger partial charge in [0.2, 0.25) is 0 Å². The van der Waals surface area contributed by atoms with Crippen LogP contribution in [0.25, 0.3) is 35.4 Å². The topological polar surface area (TPSA) is 0 Å². The van der Waals surface area contributed by atoms with E-state index in [9.17, 15) is 0 Å². The molecule has 206 valence electrons. The molecule has 0 spiro atoms. The Balaban J connectivity index is 1.27. The summed E-state index contributed by atoms with van der Waals surface area (Å²) in [5.74, 6) is 0. The van der Waals surface area contributed by atoms with Crippen LogP contribution in [-0.2, 0) is 12.8 Å². The van der Waals surface area contributed by atoms with E-state index >= 15 is 0 Å². The van der Waals surface area contributed by atoms with E-state index in [1.807, 2.05) is 0 Å². The fourth-order valence-electron chi connectivity index (χ4n) is 5.06. The van der Waals surface area contributed by atoms with Crippen molar-refractivity contribution in [2.75, 3.05) is 0 Å². The van der Waals surface area contributed by atoms with Crippen molar-refractivity contribution in [3.05, 3.63) is 130 Å².